The van der Waals surface area contributed by atoms with Gasteiger partial charge in [0.05, 0.1) is 11.0 Å². The average molecular weight is 374 g/mol. The monoisotopic (exact) mass is 374 g/mol. The maximum absolute atomic E-state index is 13.3. The van der Waals surface area contributed by atoms with Crippen LogP contribution in [0.3, 0.4) is 0 Å². The van der Waals surface area contributed by atoms with E-state index in [1.165, 1.54) is 28.6 Å². The van der Waals surface area contributed by atoms with Crippen molar-refractivity contribution in [3.8, 4) is 0 Å². The molecule has 0 bridgehead atoms. The van der Waals surface area contributed by atoms with Crippen molar-refractivity contribution in [2.24, 2.45) is 0 Å². The zero-order valence-corrected chi connectivity index (χ0v) is 15.5. The van der Waals surface area contributed by atoms with Crippen molar-refractivity contribution in [1.29, 1.82) is 0 Å². The molecule has 1 aliphatic rings. The highest BCUT2D eigenvalue weighted by atomic mass is 32.2. The lowest BCUT2D eigenvalue weighted by Gasteiger charge is -2.29. The topological polar surface area (TPSA) is 80.5 Å². The van der Waals surface area contributed by atoms with Crippen molar-refractivity contribution in [2.75, 3.05) is 6.54 Å². The Bertz CT molecular complexity index is 894. The van der Waals surface area contributed by atoms with Gasteiger partial charge < -0.3 is 0 Å². The van der Waals surface area contributed by atoms with Crippen LogP contribution in [0.4, 0.5) is 5.69 Å². The van der Waals surface area contributed by atoms with Crippen LogP contribution in [0, 0.1) is 17.0 Å². The summed E-state index contributed by atoms with van der Waals surface area (Å²) < 4.78 is 28.1. The summed E-state index contributed by atoms with van der Waals surface area (Å²) in [5.74, 6) is 0. The van der Waals surface area contributed by atoms with Crippen molar-refractivity contribution < 1.29 is 13.3 Å². The third-order valence-electron chi connectivity index (χ3n) is 4.81. The minimum atomic E-state index is -3.98. The maximum Gasteiger partial charge on any atom is 0.289 e. The number of sulfonamides is 1. The van der Waals surface area contributed by atoms with Gasteiger partial charge in [-0.3, -0.25) is 10.1 Å². The number of benzene rings is 2. The van der Waals surface area contributed by atoms with E-state index in [0.29, 0.717) is 13.0 Å². The first-order chi connectivity index (χ1) is 12.4. The fourth-order valence-corrected chi connectivity index (χ4v) is 5.29. The van der Waals surface area contributed by atoms with E-state index in [4.69, 9.17) is 0 Å². The van der Waals surface area contributed by atoms with Crippen LogP contribution in [-0.2, 0) is 10.0 Å². The Morgan fingerprint density at radius 2 is 1.73 bits per heavy atom. The minimum Gasteiger partial charge on any atom is -0.258 e. The molecule has 26 heavy (non-hydrogen) atoms. The van der Waals surface area contributed by atoms with Crippen LogP contribution in [0.1, 0.15) is 42.9 Å². The summed E-state index contributed by atoms with van der Waals surface area (Å²) in [6, 6.07) is 13.1. The van der Waals surface area contributed by atoms with E-state index >= 15 is 0 Å². The maximum atomic E-state index is 13.3. The van der Waals surface area contributed by atoms with Crippen molar-refractivity contribution in [3.63, 3.8) is 0 Å². The summed E-state index contributed by atoms with van der Waals surface area (Å²) in [6.07, 6.45) is 3.35. The standard InChI is InChI=1S/C19H22N2O4S/c1-15-10-12-16(13-11-15)17-7-3-2-6-14-20(17)26(24,25)19-9-5-4-8-18(19)21(22)23/h4-5,8-13,17H,2-3,6-7,14H2,1H3. The SMILES string of the molecule is Cc1ccc(C2CCCCCN2S(=O)(=O)c2ccccc2[N+](=O)[O-])cc1. The highest BCUT2D eigenvalue weighted by molar-refractivity contribution is 7.89. The molecule has 0 aliphatic carbocycles. The van der Waals surface area contributed by atoms with Crippen LogP contribution >= 0.6 is 0 Å². The largest absolute Gasteiger partial charge is 0.289 e. The number of hydrogen-bond donors (Lipinski definition) is 0. The molecular weight excluding hydrogens is 352 g/mol. The van der Waals surface area contributed by atoms with Gasteiger partial charge in [0, 0.05) is 12.6 Å². The Morgan fingerprint density at radius 3 is 2.42 bits per heavy atom. The number of hydrogen-bond acceptors (Lipinski definition) is 4. The third kappa shape index (κ3) is 3.64. The van der Waals surface area contributed by atoms with Gasteiger partial charge in [0.1, 0.15) is 0 Å². The molecule has 7 heteroatoms. The van der Waals surface area contributed by atoms with Crippen LogP contribution < -0.4 is 0 Å². The van der Waals surface area contributed by atoms with Crippen molar-refractivity contribution in [2.45, 2.75) is 43.5 Å². The Morgan fingerprint density at radius 1 is 1.04 bits per heavy atom. The second kappa shape index (κ2) is 7.55. The Kier molecular flexibility index (Phi) is 5.38. The summed E-state index contributed by atoms with van der Waals surface area (Å²) in [6.45, 7) is 2.35. The van der Waals surface area contributed by atoms with Crippen molar-refractivity contribution >= 4 is 15.7 Å². The fourth-order valence-electron chi connectivity index (χ4n) is 3.44. The molecule has 6 nitrogen and oxygen atoms in total. The first kappa shape index (κ1) is 18.5. The molecule has 0 aromatic heterocycles. The Balaban J connectivity index is 2.08. The number of aryl methyl sites for hydroxylation is 1. The second-order valence-corrected chi connectivity index (χ2v) is 8.48. The van der Waals surface area contributed by atoms with E-state index in [-0.39, 0.29) is 16.6 Å². The number of rotatable bonds is 4. The van der Waals surface area contributed by atoms with Crippen LogP contribution in [-0.4, -0.2) is 24.2 Å². The summed E-state index contributed by atoms with van der Waals surface area (Å²) >= 11 is 0. The summed E-state index contributed by atoms with van der Waals surface area (Å²) in [7, 11) is -3.98. The molecule has 0 saturated carbocycles. The van der Waals surface area contributed by atoms with Gasteiger partial charge >= 0.3 is 0 Å². The molecule has 138 valence electrons. The van der Waals surface area contributed by atoms with Crippen molar-refractivity contribution in [1.82, 2.24) is 4.31 Å². The predicted molar refractivity (Wildman–Crippen MR) is 99.4 cm³/mol. The zero-order valence-electron chi connectivity index (χ0n) is 14.7. The number of para-hydroxylation sites is 1. The Labute approximate surface area is 153 Å². The molecule has 2 aromatic rings. The highest BCUT2D eigenvalue weighted by Gasteiger charge is 2.37. The van der Waals surface area contributed by atoms with Crippen LogP contribution in [0.2, 0.25) is 0 Å². The lowest BCUT2D eigenvalue weighted by Crippen LogP contribution is -2.35. The molecule has 1 fully saturated rings. The number of nitro benzene ring substituents is 1. The molecule has 1 aliphatic heterocycles. The summed E-state index contributed by atoms with van der Waals surface area (Å²) in [5, 5.41) is 11.3. The molecule has 0 N–H and O–H groups in total. The first-order valence-corrected chi connectivity index (χ1v) is 10.2. The molecule has 3 rings (SSSR count). The Hall–Kier alpha value is -2.25. The summed E-state index contributed by atoms with van der Waals surface area (Å²) in [4.78, 5) is 10.5. The molecule has 0 amide bonds. The molecule has 0 radical (unpaired) electrons. The third-order valence-corrected chi connectivity index (χ3v) is 6.77. The van der Waals surface area contributed by atoms with Gasteiger partial charge in [-0.2, -0.15) is 4.31 Å². The van der Waals surface area contributed by atoms with E-state index < -0.39 is 14.9 Å². The normalized spacial score (nSPS) is 19.0. The van der Waals surface area contributed by atoms with Gasteiger partial charge in [0.2, 0.25) is 10.0 Å². The van der Waals surface area contributed by atoms with Gasteiger partial charge in [-0.05, 0) is 31.4 Å². The second-order valence-electron chi connectivity index (χ2n) is 6.62. The van der Waals surface area contributed by atoms with Gasteiger partial charge in [-0.25, -0.2) is 8.42 Å². The smallest absolute Gasteiger partial charge is 0.258 e. The van der Waals surface area contributed by atoms with Gasteiger partial charge in [0.15, 0.2) is 4.90 Å². The lowest BCUT2D eigenvalue weighted by molar-refractivity contribution is -0.387. The average Bonchev–Trinajstić information content (AvgIpc) is 2.89. The summed E-state index contributed by atoms with van der Waals surface area (Å²) in [5.41, 5.74) is 1.66. The van der Waals surface area contributed by atoms with E-state index in [9.17, 15) is 18.5 Å². The van der Waals surface area contributed by atoms with E-state index in [2.05, 4.69) is 0 Å². The molecule has 1 atom stereocenters. The van der Waals surface area contributed by atoms with Crippen LogP contribution in [0.25, 0.3) is 0 Å². The van der Waals surface area contributed by atoms with E-state index in [1.54, 1.807) is 0 Å². The van der Waals surface area contributed by atoms with E-state index in [0.717, 1.165) is 30.4 Å². The number of nitrogens with zero attached hydrogens (tertiary/aromatic N) is 2. The quantitative estimate of drug-likeness (QED) is 0.593. The number of nitro groups is 1. The van der Waals surface area contributed by atoms with Crippen LogP contribution in [0.15, 0.2) is 53.4 Å². The molecular formula is C19H22N2O4S. The van der Waals surface area contributed by atoms with Gasteiger partial charge in [0.25, 0.3) is 5.69 Å². The molecule has 1 saturated heterocycles. The van der Waals surface area contributed by atoms with Crippen LogP contribution in [0.5, 0.6) is 0 Å². The van der Waals surface area contributed by atoms with Gasteiger partial charge in [-0.1, -0.05) is 54.8 Å². The molecule has 0 spiro atoms. The molecule has 1 unspecified atom stereocenters. The minimum absolute atomic E-state index is 0.232. The molecule has 2 aromatic carbocycles. The van der Waals surface area contributed by atoms with Gasteiger partial charge in [-0.15, -0.1) is 0 Å². The zero-order chi connectivity index (χ0) is 18.7. The highest BCUT2D eigenvalue weighted by Crippen LogP contribution is 2.37. The van der Waals surface area contributed by atoms with E-state index in [1.807, 2.05) is 31.2 Å². The first-order valence-electron chi connectivity index (χ1n) is 8.73. The molecule has 1 heterocycles. The lowest BCUT2D eigenvalue weighted by atomic mass is 10.0. The van der Waals surface area contributed by atoms with Crippen molar-refractivity contribution in [3.05, 3.63) is 69.8 Å². The predicted octanol–water partition coefficient (Wildman–Crippen LogP) is 4.21. The fraction of sp³-hybridized carbons (Fsp3) is 0.368.